The maximum absolute atomic E-state index is 12.4. The Bertz CT molecular complexity index is 719. The summed E-state index contributed by atoms with van der Waals surface area (Å²) in [4.78, 5) is 12.9. The van der Waals surface area contributed by atoms with Crippen LogP contribution in [0, 0.1) is 5.21 Å². The smallest absolute Gasteiger partial charge is 0.359 e. The van der Waals surface area contributed by atoms with Crippen molar-refractivity contribution in [2.24, 2.45) is 0 Å². The molecule has 0 amide bonds. The van der Waals surface area contributed by atoms with Gasteiger partial charge in [-0.05, 0) is 31.9 Å². The van der Waals surface area contributed by atoms with Crippen molar-refractivity contribution in [2.75, 3.05) is 0 Å². The third kappa shape index (κ3) is 5.69. The number of nitrogens with zero attached hydrogens (tertiary/aromatic N) is 3. The SMILES string of the molecule is CCCCCCCCCC/C(C)=C/C(=O)n1n[n+]([O-])c2ccccc21. The van der Waals surface area contributed by atoms with Crippen LogP contribution < -0.4 is 4.85 Å². The van der Waals surface area contributed by atoms with Crippen molar-refractivity contribution in [1.82, 2.24) is 9.90 Å². The Morgan fingerprint density at radius 1 is 1.12 bits per heavy atom. The lowest BCUT2D eigenvalue weighted by atomic mass is 10.0. The number of unbranched alkanes of at least 4 members (excludes halogenated alkanes) is 7. The van der Waals surface area contributed by atoms with Crippen LogP contribution in [0.15, 0.2) is 35.9 Å². The molecule has 1 heterocycles. The van der Waals surface area contributed by atoms with Crippen LogP contribution >= 0.6 is 0 Å². The van der Waals surface area contributed by atoms with Gasteiger partial charge in [0.05, 0.1) is 0 Å². The van der Waals surface area contributed by atoms with Gasteiger partial charge in [0.1, 0.15) is 5.21 Å². The van der Waals surface area contributed by atoms with Crippen LogP contribution in [0.25, 0.3) is 11.0 Å². The summed E-state index contributed by atoms with van der Waals surface area (Å²) in [5, 5.41) is 15.5. The summed E-state index contributed by atoms with van der Waals surface area (Å²) < 4.78 is 1.18. The molecule has 5 heteroatoms. The molecule has 0 spiro atoms. The fourth-order valence-electron chi connectivity index (χ4n) is 3.03. The van der Waals surface area contributed by atoms with E-state index >= 15 is 0 Å². The zero-order valence-corrected chi connectivity index (χ0v) is 15.4. The molecule has 0 aliphatic heterocycles. The first-order chi connectivity index (χ1) is 12.1. The highest BCUT2D eigenvalue weighted by Gasteiger charge is 2.19. The van der Waals surface area contributed by atoms with Gasteiger partial charge in [0.2, 0.25) is 11.0 Å². The molecule has 0 N–H and O–H groups in total. The van der Waals surface area contributed by atoms with E-state index in [0.717, 1.165) is 18.4 Å². The summed E-state index contributed by atoms with van der Waals surface area (Å²) in [5.74, 6) is -0.261. The molecule has 0 unspecified atom stereocenters. The molecular weight excluding hydrogens is 314 g/mol. The van der Waals surface area contributed by atoms with Crippen molar-refractivity contribution >= 4 is 16.9 Å². The number of fused-ring (bicyclic) bond motifs is 1. The van der Waals surface area contributed by atoms with E-state index in [4.69, 9.17) is 0 Å². The van der Waals surface area contributed by atoms with Gasteiger partial charge in [-0.15, -0.1) is 4.85 Å². The second-order valence-corrected chi connectivity index (χ2v) is 6.72. The molecule has 0 atom stereocenters. The number of carbonyl (C=O) groups excluding carboxylic acids is 1. The standard InChI is InChI=1S/C20H29N3O2/c1-3-4-5-6-7-8-9-10-13-17(2)16-20(24)22-18-14-11-12-15-19(18)23(25)21-22/h11-12,14-16H,3-10,13H2,1-2H3/b17-16+. The topological polar surface area (TPSA) is 61.8 Å². The molecule has 0 aliphatic rings. The van der Waals surface area contributed by atoms with Gasteiger partial charge in [-0.3, -0.25) is 0 Å². The first-order valence-corrected chi connectivity index (χ1v) is 9.42. The molecule has 0 radical (unpaired) electrons. The van der Waals surface area contributed by atoms with E-state index in [1.165, 1.54) is 49.6 Å². The minimum Gasteiger partial charge on any atom is -0.691 e. The van der Waals surface area contributed by atoms with Gasteiger partial charge < -0.3 is 5.21 Å². The highest BCUT2D eigenvalue weighted by atomic mass is 16.5. The molecule has 0 aliphatic carbocycles. The maximum Gasteiger partial charge on any atom is 0.359 e. The first-order valence-electron chi connectivity index (χ1n) is 9.42. The van der Waals surface area contributed by atoms with Gasteiger partial charge in [0.15, 0.2) is 0 Å². The molecule has 136 valence electrons. The summed E-state index contributed by atoms with van der Waals surface area (Å²) in [6.07, 6.45) is 12.7. The van der Waals surface area contributed by atoms with Gasteiger partial charge in [-0.25, -0.2) is 4.79 Å². The molecule has 2 aromatic rings. The van der Waals surface area contributed by atoms with Crippen LogP contribution in [-0.2, 0) is 0 Å². The summed E-state index contributed by atoms with van der Waals surface area (Å²) in [6, 6.07) is 6.95. The third-order valence-corrected chi connectivity index (χ3v) is 4.49. The van der Waals surface area contributed by atoms with Crippen LogP contribution in [0.2, 0.25) is 0 Å². The Morgan fingerprint density at radius 3 is 2.48 bits per heavy atom. The number of hydrogen-bond donors (Lipinski definition) is 0. The molecular formula is C20H29N3O2. The Hall–Kier alpha value is -2.17. The largest absolute Gasteiger partial charge is 0.691 e. The van der Waals surface area contributed by atoms with Gasteiger partial charge in [-0.2, -0.15) is 0 Å². The number of allylic oxidation sites excluding steroid dienone is 2. The Morgan fingerprint density at radius 2 is 1.76 bits per heavy atom. The fourth-order valence-corrected chi connectivity index (χ4v) is 3.03. The number of carbonyl (C=O) groups is 1. The van der Waals surface area contributed by atoms with E-state index < -0.39 is 0 Å². The van der Waals surface area contributed by atoms with Crippen molar-refractivity contribution in [1.29, 1.82) is 0 Å². The number of hydrogen-bond acceptors (Lipinski definition) is 3. The fraction of sp³-hybridized carbons (Fsp3) is 0.550. The molecule has 0 bridgehead atoms. The van der Waals surface area contributed by atoms with E-state index in [1.807, 2.05) is 6.92 Å². The second kappa shape index (κ2) is 9.97. The van der Waals surface area contributed by atoms with E-state index in [9.17, 15) is 10.0 Å². The molecule has 0 saturated carbocycles. The Kier molecular flexibility index (Phi) is 7.64. The molecule has 25 heavy (non-hydrogen) atoms. The molecule has 1 aromatic carbocycles. The normalized spacial score (nSPS) is 12.0. The monoisotopic (exact) mass is 343 g/mol. The Labute approximate surface area is 149 Å². The minimum absolute atomic E-state index is 0.261. The summed E-state index contributed by atoms with van der Waals surface area (Å²) >= 11 is 0. The van der Waals surface area contributed by atoms with Crippen LogP contribution in [0.5, 0.6) is 0 Å². The predicted molar refractivity (Wildman–Crippen MR) is 100 cm³/mol. The van der Waals surface area contributed by atoms with Crippen LogP contribution in [0.4, 0.5) is 0 Å². The first kappa shape index (κ1) is 19.2. The minimum atomic E-state index is -0.261. The lowest BCUT2D eigenvalue weighted by molar-refractivity contribution is -0.645. The average Bonchev–Trinajstić information content (AvgIpc) is 2.95. The molecule has 0 saturated heterocycles. The number of rotatable bonds is 10. The van der Waals surface area contributed by atoms with Crippen LogP contribution in [-0.4, -0.2) is 15.8 Å². The molecule has 0 fully saturated rings. The van der Waals surface area contributed by atoms with E-state index in [1.54, 1.807) is 30.3 Å². The van der Waals surface area contributed by atoms with E-state index in [2.05, 4.69) is 12.1 Å². The number of para-hydroxylation sites is 2. The van der Waals surface area contributed by atoms with Gasteiger partial charge >= 0.3 is 5.91 Å². The van der Waals surface area contributed by atoms with Crippen molar-refractivity contribution in [2.45, 2.75) is 71.6 Å². The summed E-state index contributed by atoms with van der Waals surface area (Å²) in [6.45, 7) is 4.20. The average molecular weight is 343 g/mol. The molecule has 5 nitrogen and oxygen atoms in total. The van der Waals surface area contributed by atoms with Gasteiger partial charge in [0.25, 0.3) is 0 Å². The number of benzene rings is 1. The van der Waals surface area contributed by atoms with Crippen molar-refractivity contribution < 1.29 is 9.64 Å². The quantitative estimate of drug-likeness (QED) is 0.270. The summed E-state index contributed by atoms with van der Waals surface area (Å²) in [5.41, 5.74) is 1.98. The van der Waals surface area contributed by atoms with Gasteiger partial charge in [0, 0.05) is 6.08 Å². The molecule has 2 rings (SSSR count). The van der Waals surface area contributed by atoms with Gasteiger partial charge in [-0.1, -0.05) is 74.3 Å². The zero-order valence-electron chi connectivity index (χ0n) is 15.4. The predicted octanol–water partition coefficient (Wildman–Crippen LogP) is 4.79. The maximum atomic E-state index is 12.4. The lowest BCUT2D eigenvalue weighted by Gasteiger charge is -2.02. The highest BCUT2D eigenvalue weighted by molar-refractivity contribution is 5.95. The molecule has 1 aromatic heterocycles. The van der Waals surface area contributed by atoms with E-state index in [0.29, 0.717) is 15.9 Å². The third-order valence-electron chi connectivity index (χ3n) is 4.49. The zero-order chi connectivity index (χ0) is 18.1. The Balaban J connectivity index is 1.80. The second-order valence-electron chi connectivity index (χ2n) is 6.72. The van der Waals surface area contributed by atoms with Crippen molar-refractivity contribution in [3.05, 3.63) is 41.1 Å². The van der Waals surface area contributed by atoms with Crippen molar-refractivity contribution in [3.8, 4) is 0 Å². The van der Waals surface area contributed by atoms with Crippen LogP contribution in [0.3, 0.4) is 0 Å². The van der Waals surface area contributed by atoms with Crippen molar-refractivity contribution in [3.63, 3.8) is 0 Å². The summed E-state index contributed by atoms with van der Waals surface area (Å²) in [7, 11) is 0. The highest BCUT2D eigenvalue weighted by Crippen LogP contribution is 2.14. The number of aromatic nitrogens is 3. The lowest BCUT2D eigenvalue weighted by Crippen LogP contribution is -2.30. The van der Waals surface area contributed by atoms with Crippen LogP contribution in [0.1, 0.15) is 76.4 Å². The van der Waals surface area contributed by atoms with E-state index in [-0.39, 0.29) is 5.91 Å².